The van der Waals surface area contributed by atoms with Gasteiger partial charge in [0.2, 0.25) is 0 Å². The lowest BCUT2D eigenvalue weighted by Gasteiger charge is -2.36. The van der Waals surface area contributed by atoms with Gasteiger partial charge in [-0.05, 0) is 124 Å². The average Bonchev–Trinajstić information content (AvgIpc) is 3.24. The van der Waals surface area contributed by atoms with Crippen molar-refractivity contribution in [2.75, 3.05) is 26.2 Å². The lowest BCUT2D eigenvalue weighted by atomic mass is 9.89. The van der Waals surface area contributed by atoms with Gasteiger partial charge in [0.1, 0.15) is 17.2 Å². The van der Waals surface area contributed by atoms with Crippen molar-refractivity contribution in [2.45, 2.75) is 71.4 Å². The van der Waals surface area contributed by atoms with Gasteiger partial charge in [0, 0.05) is 37.3 Å². The highest BCUT2D eigenvalue weighted by molar-refractivity contribution is 8.00. The molecule has 41 heavy (non-hydrogen) atoms. The number of nitrogens with one attached hydrogen (secondary N) is 1. The summed E-state index contributed by atoms with van der Waals surface area (Å²) in [6.45, 7) is 12.0. The highest BCUT2D eigenvalue weighted by Crippen LogP contribution is 2.34. The first-order chi connectivity index (χ1) is 19.4. The molecule has 2 N–H and O–H groups in total. The second-order valence-corrected chi connectivity index (χ2v) is 12.9. The van der Waals surface area contributed by atoms with Crippen LogP contribution in [0.25, 0.3) is 6.08 Å². The van der Waals surface area contributed by atoms with Gasteiger partial charge in [0.05, 0.1) is 5.60 Å². The molecule has 0 radical (unpaired) electrons. The number of likely N-dealkylation sites (tertiary alicyclic amines) is 1. The minimum absolute atomic E-state index is 0.0188. The van der Waals surface area contributed by atoms with Gasteiger partial charge in [-0.2, -0.15) is 0 Å². The first-order valence-corrected chi connectivity index (χ1v) is 15.1. The van der Waals surface area contributed by atoms with E-state index in [2.05, 4.69) is 21.1 Å². The molecule has 5 rings (SSSR count). The van der Waals surface area contributed by atoms with Crippen LogP contribution in [0, 0.1) is 33.5 Å². The zero-order chi connectivity index (χ0) is 29.5. The van der Waals surface area contributed by atoms with E-state index in [4.69, 9.17) is 4.99 Å². The summed E-state index contributed by atoms with van der Waals surface area (Å²) >= 11 is 1.62. The SMILES string of the molecule is Cc1cc(C(=O)N2CCC(C)(O)CC2)cc(C)c1/C=C/SN1CCC2(CC1)N=C(c1ccc(F)c(C)c1C)NC2=O. The van der Waals surface area contributed by atoms with Crippen molar-refractivity contribution < 1.29 is 19.1 Å². The molecule has 0 unspecified atom stereocenters. The molecule has 3 heterocycles. The number of carbonyl (C=O) groups is 2. The standard InChI is InChI=1S/C32H39FN4O3S/c1-20-18-24(29(38)36-13-9-31(5,40)10-14-36)19-21(2)25(20)8-17-41-37-15-11-32(12-16-37)30(39)34-28(35-32)26-6-7-27(33)23(4)22(26)3/h6-8,17-19,40H,9-16H2,1-5H3,(H,34,35,39)/b17-8+. The lowest BCUT2D eigenvalue weighted by molar-refractivity contribution is -0.124. The molecule has 0 aliphatic carbocycles. The molecule has 0 atom stereocenters. The Kier molecular flexibility index (Phi) is 8.16. The number of piperidine rings is 2. The van der Waals surface area contributed by atoms with Crippen molar-refractivity contribution in [1.29, 1.82) is 0 Å². The minimum atomic E-state index is -0.773. The number of aliphatic imine (C=N–C) groups is 1. The molecule has 2 amide bonds. The third-order valence-corrected chi connectivity index (χ3v) is 9.84. The number of aryl methyl sites for hydroxylation is 2. The van der Waals surface area contributed by atoms with Crippen molar-refractivity contribution in [3.63, 3.8) is 0 Å². The van der Waals surface area contributed by atoms with E-state index >= 15 is 0 Å². The third-order valence-electron chi connectivity index (χ3n) is 8.92. The number of rotatable bonds is 5. The summed E-state index contributed by atoms with van der Waals surface area (Å²) < 4.78 is 16.2. The van der Waals surface area contributed by atoms with Gasteiger partial charge >= 0.3 is 0 Å². The number of halogens is 1. The van der Waals surface area contributed by atoms with E-state index in [1.807, 2.05) is 44.7 Å². The highest BCUT2D eigenvalue weighted by atomic mass is 32.2. The molecule has 1 spiro atoms. The highest BCUT2D eigenvalue weighted by Gasteiger charge is 2.46. The Balaban J connectivity index is 1.20. The van der Waals surface area contributed by atoms with E-state index in [1.54, 1.807) is 24.9 Å². The van der Waals surface area contributed by atoms with E-state index in [0.717, 1.165) is 40.9 Å². The summed E-state index contributed by atoms with van der Waals surface area (Å²) in [5.74, 6) is 0.222. The van der Waals surface area contributed by atoms with E-state index < -0.39 is 11.1 Å². The molecular formula is C32H39FN4O3S. The van der Waals surface area contributed by atoms with Crippen molar-refractivity contribution >= 4 is 35.7 Å². The van der Waals surface area contributed by atoms with E-state index in [1.165, 1.54) is 6.07 Å². The fraction of sp³-hybridized carbons (Fsp3) is 0.469. The van der Waals surface area contributed by atoms with Crippen molar-refractivity contribution in [2.24, 2.45) is 4.99 Å². The van der Waals surface area contributed by atoms with Gasteiger partial charge < -0.3 is 15.3 Å². The van der Waals surface area contributed by atoms with Crippen LogP contribution in [-0.2, 0) is 4.79 Å². The predicted molar refractivity (Wildman–Crippen MR) is 162 cm³/mol. The Hall–Kier alpha value is -3.01. The summed E-state index contributed by atoms with van der Waals surface area (Å²) in [7, 11) is 0. The monoisotopic (exact) mass is 578 g/mol. The zero-order valence-electron chi connectivity index (χ0n) is 24.5. The minimum Gasteiger partial charge on any atom is -0.390 e. The Morgan fingerprint density at radius 2 is 1.66 bits per heavy atom. The molecule has 7 nitrogen and oxygen atoms in total. The number of aliphatic hydroxyl groups is 1. The molecule has 2 saturated heterocycles. The van der Waals surface area contributed by atoms with Crippen molar-refractivity contribution in [1.82, 2.24) is 14.5 Å². The van der Waals surface area contributed by atoms with Crippen LogP contribution in [-0.4, -0.2) is 69.3 Å². The van der Waals surface area contributed by atoms with Gasteiger partial charge in [-0.1, -0.05) is 11.9 Å². The molecule has 218 valence electrons. The van der Waals surface area contributed by atoms with Crippen LogP contribution in [0.5, 0.6) is 0 Å². The molecule has 3 aliphatic heterocycles. The molecule has 2 fully saturated rings. The van der Waals surface area contributed by atoms with Gasteiger partial charge in [-0.15, -0.1) is 0 Å². The smallest absolute Gasteiger partial charge is 0.253 e. The molecule has 9 heteroatoms. The van der Waals surface area contributed by atoms with Crippen LogP contribution in [0.4, 0.5) is 4.39 Å². The van der Waals surface area contributed by atoms with Crippen LogP contribution < -0.4 is 5.32 Å². The van der Waals surface area contributed by atoms with Gasteiger partial charge in [-0.25, -0.2) is 8.70 Å². The number of hydrogen-bond acceptors (Lipinski definition) is 6. The molecule has 0 bridgehead atoms. The molecule has 3 aliphatic rings. The van der Waals surface area contributed by atoms with Gasteiger partial charge in [-0.3, -0.25) is 14.6 Å². The quantitative estimate of drug-likeness (QED) is 0.484. The van der Waals surface area contributed by atoms with Crippen LogP contribution in [0.2, 0.25) is 0 Å². The molecule has 0 aromatic heterocycles. The summed E-state index contributed by atoms with van der Waals surface area (Å²) in [6.07, 6.45) is 4.51. The molecular weight excluding hydrogens is 539 g/mol. The lowest BCUT2D eigenvalue weighted by Crippen LogP contribution is -2.47. The number of amides is 2. The Labute approximate surface area is 246 Å². The maximum atomic E-state index is 13.9. The maximum absolute atomic E-state index is 13.9. The second-order valence-electron chi connectivity index (χ2n) is 11.9. The molecule has 0 saturated carbocycles. The molecule has 2 aromatic carbocycles. The second kappa shape index (κ2) is 11.3. The number of hydrogen-bond donors (Lipinski definition) is 2. The Bertz CT molecular complexity index is 1410. The summed E-state index contributed by atoms with van der Waals surface area (Å²) in [5.41, 5.74) is 4.55. The predicted octanol–water partition coefficient (Wildman–Crippen LogP) is 5.08. The normalized spacial score (nSPS) is 20.5. The first kappa shape index (κ1) is 29.5. The van der Waals surface area contributed by atoms with Crippen molar-refractivity contribution in [3.05, 3.63) is 74.4 Å². The van der Waals surface area contributed by atoms with Crippen LogP contribution >= 0.6 is 11.9 Å². The van der Waals surface area contributed by atoms with Crippen molar-refractivity contribution in [3.8, 4) is 0 Å². The fourth-order valence-electron chi connectivity index (χ4n) is 5.91. The zero-order valence-corrected chi connectivity index (χ0v) is 25.3. The van der Waals surface area contributed by atoms with Gasteiger partial charge in [0.15, 0.2) is 0 Å². The molecule has 2 aromatic rings. The summed E-state index contributed by atoms with van der Waals surface area (Å²) in [4.78, 5) is 32.8. The van der Waals surface area contributed by atoms with E-state index in [0.29, 0.717) is 55.7 Å². The number of amidine groups is 1. The fourth-order valence-corrected chi connectivity index (χ4v) is 6.67. The summed E-state index contributed by atoms with van der Waals surface area (Å²) in [6, 6.07) is 7.03. The van der Waals surface area contributed by atoms with Crippen LogP contribution in [0.3, 0.4) is 0 Å². The van der Waals surface area contributed by atoms with Crippen LogP contribution in [0.15, 0.2) is 34.7 Å². The Morgan fingerprint density at radius 1 is 1.02 bits per heavy atom. The summed E-state index contributed by atoms with van der Waals surface area (Å²) in [5, 5.41) is 15.2. The average molecular weight is 579 g/mol. The van der Waals surface area contributed by atoms with Gasteiger partial charge in [0.25, 0.3) is 11.8 Å². The largest absolute Gasteiger partial charge is 0.390 e. The number of nitrogens with zero attached hydrogens (tertiary/aromatic N) is 3. The van der Waals surface area contributed by atoms with Crippen LogP contribution in [0.1, 0.15) is 76.3 Å². The number of benzene rings is 2. The number of carbonyl (C=O) groups excluding carboxylic acids is 2. The van der Waals surface area contributed by atoms with E-state index in [-0.39, 0.29) is 17.6 Å². The first-order valence-electron chi connectivity index (χ1n) is 14.3. The third kappa shape index (κ3) is 5.98. The topological polar surface area (TPSA) is 85.2 Å². The Morgan fingerprint density at radius 3 is 2.29 bits per heavy atom. The van der Waals surface area contributed by atoms with E-state index in [9.17, 15) is 19.1 Å². The maximum Gasteiger partial charge on any atom is 0.253 e.